The first-order valence-electron chi connectivity index (χ1n) is 3.88. The van der Waals surface area contributed by atoms with Gasteiger partial charge in [0.1, 0.15) is 0 Å². The summed E-state index contributed by atoms with van der Waals surface area (Å²) < 4.78 is 10.3. The Morgan fingerprint density at radius 3 is 2.50 bits per heavy atom. The lowest BCUT2D eigenvalue weighted by atomic mass is 10.2. The van der Waals surface area contributed by atoms with Crippen LogP contribution >= 0.6 is 0 Å². The van der Waals surface area contributed by atoms with Crippen LogP contribution in [0.15, 0.2) is 0 Å². The van der Waals surface area contributed by atoms with E-state index in [1.165, 1.54) is 0 Å². The minimum atomic E-state index is 0.525. The fourth-order valence-electron chi connectivity index (χ4n) is 0.761. The molecule has 0 saturated heterocycles. The van der Waals surface area contributed by atoms with Crippen LogP contribution < -0.4 is 0 Å². The summed E-state index contributed by atoms with van der Waals surface area (Å²) in [5.74, 6) is 0.525. The molecule has 0 radical (unpaired) electrons. The highest BCUT2D eigenvalue weighted by Crippen LogP contribution is 1.95. The van der Waals surface area contributed by atoms with Crippen molar-refractivity contribution in [1.29, 1.82) is 0 Å². The van der Waals surface area contributed by atoms with Gasteiger partial charge in [-0.05, 0) is 6.42 Å². The zero-order valence-corrected chi connectivity index (χ0v) is 7.22. The predicted molar refractivity (Wildman–Crippen MR) is 42.2 cm³/mol. The van der Waals surface area contributed by atoms with Crippen molar-refractivity contribution in [3.63, 3.8) is 0 Å². The summed E-state index contributed by atoms with van der Waals surface area (Å²) in [6.07, 6.45) is 1.10. The van der Waals surface area contributed by atoms with E-state index in [-0.39, 0.29) is 0 Å². The normalized spacial score (nSPS) is 13.5. The maximum atomic E-state index is 5.32. The van der Waals surface area contributed by atoms with Gasteiger partial charge in [-0.3, -0.25) is 0 Å². The summed E-state index contributed by atoms with van der Waals surface area (Å²) in [4.78, 5) is 0. The van der Waals surface area contributed by atoms with Crippen molar-refractivity contribution in [1.82, 2.24) is 0 Å². The molecule has 10 heavy (non-hydrogen) atoms. The molecule has 2 heteroatoms. The van der Waals surface area contributed by atoms with E-state index in [4.69, 9.17) is 9.47 Å². The molecular weight excluding hydrogens is 128 g/mol. The SMILES string of the molecule is CCCOCC(C)COC. The first-order chi connectivity index (χ1) is 4.81. The van der Waals surface area contributed by atoms with Crippen molar-refractivity contribution in [2.75, 3.05) is 26.9 Å². The van der Waals surface area contributed by atoms with Crippen molar-refractivity contribution in [2.45, 2.75) is 20.3 Å². The van der Waals surface area contributed by atoms with Crippen molar-refractivity contribution >= 4 is 0 Å². The Kier molecular flexibility index (Phi) is 6.98. The zero-order chi connectivity index (χ0) is 7.82. The minimum absolute atomic E-state index is 0.525. The molecule has 0 rings (SSSR count). The quantitative estimate of drug-likeness (QED) is 0.531. The molecule has 0 N–H and O–H groups in total. The van der Waals surface area contributed by atoms with Gasteiger partial charge in [0, 0.05) is 19.6 Å². The van der Waals surface area contributed by atoms with Gasteiger partial charge in [0.25, 0.3) is 0 Å². The van der Waals surface area contributed by atoms with Gasteiger partial charge in [0.05, 0.1) is 13.2 Å². The molecule has 1 unspecified atom stereocenters. The molecule has 0 saturated carbocycles. The van der Waals surface area contributed by atoms with Crippen LogP contribution in [0.2, 0.25) is 0 Å². The molecule has 0 aromatic rings. The van der Waals surface area contributed by atoms with Crippen LogP contribution in [0.1, 0.15) is 20.3 Å². The van der Waals surface area contributed by atoms with Crippen LogP contribution in [0, 0.1) is 5.92 Å². The lowest BCUT2D eigenvalue weighted by Crippen LogP contribution is -2.11. The second-order valence-corrected chi connectivity index (χ2v) is 2.64. The Morgan fingerprint density at radius 1 is 1.30 bits per heavy atom. The van der Waals surface area contributed by atoms with E-state index < -0.39 is 0 Å². The fourth-order valence-corrected chi connectivity index (χ4v) is 0.761. The van der Waals surface area contributed by atoms with Gasteiger partial charge in [-0.25, -0.2) is 0 Å². The molecule has 0 spiro atoms. The lowest BCUT2D eigenvalue weighted by Gasteiger charge is -2.09. The Balaban J connectivity index is 2.97. The van der Waals surface area contributed by atoms with E-state index in [0.29, 0.717) is 5.92 Å². The molecule has 0 amide bonds. The maximum Gasteiger partial charge on any atom is 0.0513 e. The molecule has 0 aliphatic heterocycles. The summed E-state index contributed by atoms with van der Waals surface area (Å²) in [7, 11) is 1.72. The monoisotopic (exact) mass is 146 g/mol. The van der Waals surface area contributed by atoms with Gasteiger partial charge in [0.15, 0.2) is 0 Å². The van der Waals surface area contributed by atoms with E-state index in [0.717, 1.165) is 26.2 Å². The molecule has 62 valence electrons. The number of hydrogen-bond acceptors (Lipinski definition) is 2. The van der Waals surface area contributed by atoms with Gasteiger partial charge >= 0.3 is 0 Å². The topological polar surface area (TPSA) is 18.5 Å². The number of hydrogen-bond donors (Lipinski definition) is 0. The van der Waals surface area contributed by atoms with E-state index in [1.54, 1.807) is 7.11 Å². The number of methoxy groups -OCH3 is 1. The smallest absolute Gasteiger partial charge is 0.0513 e. The van der Waals surface area contributed by atoms with E-state index in [9.17, 15) is 0 Å². The average Bonchev–Trinajstić information content (AvgIpc) is 1.89. The van der Waals surface area contributed by atoms with E-state index in [1.807, 2.05) is 0 Å². The molecule has 0 aromatic heterocycles. The van der Waals surface area contributed by atoms with Crippen molar-refractivity contribution in [2.24, 2.45) is 5.92 Å². The molecule has 1 atom stereocenters. The van der Waals surface area contributed by atoms with Gasteiger partial charge in [-0.2, -0.15) is 0 Å². The third kappa shape index (κ3) is 6.05. The van der Waals surface area contributed by atoms with Gasteiger partial charge in [0.2, 0.25) is 0 Å². The molecular formula is C8H18O2. The predicted octanol–water partition coefficient (Wildman–Crippen LogP) is 1.70. The standard InChI is InChI=1S/C8H18O2/c1-4-5-10-7-8(2)6-9-3/h8H,4-7H2,1-3H3. The first kappa shape index (κ1) is 9.92. The Morgan fingerprint density at radius 2 is 2.00 bits per heavy atom. The third-order valence-electron chi connectivity index (χ3n) is 1.20. The molecule has 0 fully saturated rings. The molecule has 2 nitrogen and oxygen atoms in total. The molecule has 0 aliphatic carbocycles. The summed E-state index contributed by atoms with van der Waals surface area (Å²) in [5.41, 5.74) is 0. The van der Waals surface area contributed by atoms with Crippen molar-refractivity contribution in [3.8, 4) is 0 Å². The highest BCUT2D eigenvalue weighted by molar-refractivity contribution is 4.46. The Labute approximate surface area is 63.5 Å². The van der Waals surface area contributed by atoms with Crippen LogP contribution in [0.3, 0.4) is 0 Å². The molecule has 0 aromatic carbocycles. The number of rotatable bonds is 6. The summed E-state index contributed by atoms with van der Waals surface area (Å²) >= 11 is 0. The molecule has 0 aliphatic rings. The van der Waals surface area contributed by atoms with Gasteiger partial charge in [-0.15, -0.1) is 0 Å². The maximum absolute atomic E-state index is 5.32. The summed E-state index contributed by atoms with van der Waals surface area (Å²) in [5, 5.41) is 0. The fraction of sp³-hybridized carbons (Fsp3) is 1.00. The van der Waals surface area contributed by atoms with Crippen molar-refractivity contribution < 1.29 is 9.47 Å². The molecule has 0 heterocycles. The summed E-state index contributed by atoms with van der Waals surface area (Å²) in [6, 6.07) is 0. The van der Waals surface area contributed by atoms with Crippen LogP contribution in [0.4, 0.5) is 0 Å². The highest BCUT2D eigenvalue weighted by atomic mass is 16.5. The third-order valence-corrected chi connectivity index (χ3v) is 1.20. The first-order valence-corrected chi connectivity index (χ1v) is 3.88. The van der Waals surface area contributed by atoms with E-state index in [2.05, 4.69) is 13.8 Å². The number of ether oxygens (including phenoxy) is 2. The van der Waals surface area contributed by atoms with Gasteiger partial charge in [-0.1, -0.05) is 13.8 Å². The van der Waals surface area contributed by atoms with Crippen LogP contribution in [0.5, 0.6) is 0 Å². The van der Waals surface area contributed by atoms with Gasteiger partial charge < -0.3 is 9.47 Å². The Hall–Kier alpha value is -0.0800. The van der Waals surface area contributed by atoms with E-state index >= 15 is 0 Å². The van der Waals surface area contributed by atoms with Crippen LogP contribution in [0.25, 0.3) is 0 Å². The van der Waals surface area contributed by atoms with Crippen molar-refractivity contribution in [3.05, 3.63) is 0 Å². The van der Waals surface area contributed by atoms with Crippen LogP contribution in [-0.4, -0.2) is 26.9 Å². The lowest BCUT2D eigenvalue weighted by molar-refractivity contribution is 0.0650. The minimum Gasteiger partial charge on any atom is -0.384 e. The van der Waals surface area contributed by atoms with Crippen LogP contribution in [-0.2, 0) is 9.47 Å². The zero-order valence-electron chi connectivity index (χ0n) is 7.22. The Bertz CT molecular complexity index is 64.3. The average molecular weight is 146 g/mol. The summed E-state index contributed by atoms with van der Waals surface area (Å²) in [6.45, 7) is 6.72. The molecule has 0 bridgehead atoms. The largest absolute Gasteiger partial charge is 0.384 e. The second-order valence-electron chi connectivity index (χ2n) is 2.64. The highest BCUT2D eigenvalue weighted by Gasteiger charge is 1.99. The second kappa shape index (κ2) is 7.03.